The van der Waals surface area contributed by atoms with Gasteiger partial charge in [0, 0.05) is 19.3 Å². The summed E-state index contributed by atoms with van der Waals surface area (Å²) in [6.45, 7) is 10.3. The molecular weight excluding hydrogens is 182 g/mol. The second kappa shape index (κ2) is 4.69. The van der Waals surface area contributed by atoms with Gasteiger partial charge in [0.2, 0.25) is 0 Å². The van der Waals surface area contributed by atoms with E-state index in [4.69, 9.17) is 0 Å². The zero-order chi connectivity index (χ0) is 11.5. The summed E-state index contributed by atoms with van der Waals surface area (Å²) >= 11 is 0. The van der Waals surface area contributed by atoms with Crippen LogP contribution in [-0.4, -0.2) is 13.6 Å². The Kier molecular flexibility index (Phi) is 3.78. The number of nitrogens with zero attached hydrogens (tertiary/aromatic N) is 1. The van der Waals surface area contributed by atoms with Crippen LogP contribution in [0.3, 0.4) is 0 Å². The fourth-order valence-corrected chi connectivity index (χ4v) is 1.47. The summed E-state index contributed by atoms with van der Waals surface area (Å²) in [6.07, 6.45) is 0. The predicted molar refractivity (Wildman–Crippen MR) is 68.3 cm³/mol. The minimum absolute atomic E-state index is 0.378. The Hall–Kier alpha value is -0.980. The molecule has 0 bridgehead atoms. The van der Waals surface area contributed by atoms with Gasteiger partial charge in [0.25, 0.3) is 0 Å². The fourth-order valence-electron chi connectivity index (χ4n) is 1.47. The number of benzene rings is 1. The van der Waals surface area contributed by atoms with Crippen molar-refractivity contribution in [2.24, 2.45) is 11.3 Å². The van der Waals surface area contributed by atoms with E-state index in [0.717, 1.165) is 6.54 Å². The van der Waals surface area contributed by atoms with E-state index in [1.165, 1.54) is 5.69 Å². The van der Waals surface area contributed by atoms with E-state index < -0.39 is 0 Å². The normalized spacial score (nSPS) is 13.7. The highest BCUT2D eigenvalue weighted by atomic mass is 15.1. The first kappa shape index (κ1) is 12.1. The van der Waals surface area contributed by atoms with Crippen molar-refractivity contribution in [3.8, 4) is 0 Å². The van der Waals surface area contributed by atoms with Crippen molar-refractivity contribution in [1.29, 1.82) is 0 Å². The first-order valence-electron chi connectivity index (χ1n) is 5.67. The average molecular weight is 205 g/mol. The quantitative estimate of drug-likeness (QED) is 0.725. The van der Waals surface area contributed by atoms with Crippen molar-refractivity contribution < 1.29 is 0 Å². The third kappa shape index (κ3) is 3.58. The molecule has 84 valence electrons. The first-order valence-corrected chi connectivity index (χ1v) is 5.67. The van der Waals surface area contributed by atoms with Crippen molar-refractivity contribution in [2.45, 2.75) is 27.7 Å². The van der Waals surface area contributed by atoms with Crippen molar-refractivity contribution in [3.05, 3.63) is 30.3 Å². The number of rotatable bonds is 3. The van der Waals surface area contributed by atoms with Crippen LogP contribution in [0.5, 0.6) is 0 Å². The molecule has 0 saturated heterocycles. The molecule has 1 unspecified atom stereocenters. The molecule has 0 aliphatic heterocycles. The molecular formula is C14H23N. The van der Waals surface area contributed by atoms with Crippen LogP contribution in [0.15, 0.2) is 30.3 Å². The molecule has 0 aromatic heterocycles. The molecule has 0 aliphatic carbocycles. The summed E-state index contributed by atoms with van der Waals surface area (Å²) < 4.78 is 0. The van der Waals surface area contributed by atoms with E-state index in [-0.39, 0.29) is 0 Å². The third-order valence-electron chi connectivity index (χ3n) is 3.22. The number of para-hydroxylation sites is 1. The lowest BCUT2D eigenvalue weighted by molar-refractivity contribution is 0.266. The molecule has 0 fully saturated rings. The Morgan fingerprint density at radius 3 is 2.13 bits per heavy atom. The van der Waals surface area contributed by atoms with E-state index in [9.17, 15) is 0 Å². The lowest BCUT2D eigenvalue weighted by Gasteiger charge is -2.32. The van der Waals surface area contributed by atoms with Gasteiger partial charge in [-0.05, 0) is 23.5 Å². The van der Waals surface area contributed by atoms with Crippen LogP contribution in [0.2, 0.25) is 0 Å². The molecule has 0 saturated carbocycles. The molecule has 0 heterocycles. The van der Waals surface area contributed by atoms with E-state index in [0.29, 0.717) is 11.3 Å². The van der Waals surface area contributed by atoms with Gasteiger partial charge in [-0.3, -0.25) is 0 Å². The minimum Gasteiger partial charge on any atom is -0.374 e. The number of hydrogen-bond donors (Lipinski definition) is 0. The summed E-state index contributed by atoms with van der Waals surface area (Å²) in [7, 11) is 2.16. The zero-order valence-corrected chi connectivity index (χ0v) is 10.6. The monoisotopic (exact) mass is 205 g/mol. The van der Waals surface area contributed by atoms with Gasteiger partial charge in [0.05, 0.1) is 0 Å². The van der Waals surface area contributed by atoms with Crippen molar-refractivity contribution in [3.63, 3.8) is 0 Å². The van der Waals surface area contributed by atoms with E-state index in [1.807, 2.05) is 0 Å². The molecule has 1 rings (SSSR count). The van der Waals surface area contributed by atoms with Crippen LogP contribution >= 0.6 is 0 Å². The summed E-state index contributed by atoms with van der Waals surface area (Å²) in [5.41, 5.74) is 1.68. The maximum Gasteiger partial charge on any atom is 0.0363 e. The molecule has 0 amide bonds. The van der Waals surface area contributed by atoms with Gasteiger partial charge < -0.3 is 4.90 Å². The molecule has 0 spiro atoms. The molecule has 1 atom stereocenters. The van der Waals surface area contributed by atoms with Crippen LogP contribution < -0.4 is 4.90 Å². The van der Waals surface area contributed by atoms with Gasteiger partial charge >= 0.3 is 0 Å². The maximum atomic E-state index is 2.33. The first-order chi connectivity index (χ1) is 6.91. The van der Waals surface area contributed by atoms with Crippen LogP contribution in [-0.2, 0) is 0 Å². The molecule has 1 heteroatoms. The SMILES string of the molecule is CC(CN(C)c1ccccc1)C(C)(C)C. The average Bonchev–Trinajstić information content (AvgIpc) is 2.17. The number of anilines is 1. The van der Waals surface area contributed by atoms with Crippen LogP contribution in [0.4, 0.5) is 5.69 Å². The van der Waals surface area contributed by atoms with Crippen LogP contribution in [0.25, 0.3) is 0 Å². The molecule has 0 N–H and O–H groups in total. The Morgan fingerprint density at radius 2 is 1.67 bits per heavy atom. The lowest BCUT2D eigenvalue weighted by atomic mass is 9.82. The Labute approximate surface area is 94.1 Å². The van der Waals surface area contributed by atoms with Gasteiger partial charge in [0.15, 0.2) is 0 Å². The highest BCUT2D eigenvalue weighted by molar-refractivity contribution is 5.44. The highest BCUT2D eigenvalue weighted by Gasteiger charge is 2.21. The maximum absolute atomic E-state index is 2.33. The predicted octanol–water partition coefficient (Wildman–Crippen LogP) is 3.81. The van der Waals surface area contributed by atoms with E-state index in [2.05, 4.69) is 70.0 Å². The van der Waals surface area contributed by atoms with Gasteiger partial charge in [-0.2, -0.15) is 0 Å². The Morgan fingerprint density at radius 1 is 1.13 bits per heavy atom. The smallest absolute Gasteiger partial charge is 0.0363 e. The molecule has 1 aromatic carbocycles. The summed E-state index contributed by atoms with van der Waals surface area (Å²) in [5.74, 6) is 0.683. The molecule has 15 heavy (non-hydrogen) atoms. The second-order valence-electron chi connectivity index (χ2n) is 5.48. The zero-order valence-electron chi connectivity index (χ0n) is 10.6. The van der Waals surface area contributed by atoms with E-state index in [1.54, 1.807) is 0 Å². The second-order valence-corrected chi connectivity index (χ2v) is 5.48. The largest absolute Gasteiger partial charge is 0.374 e. The highest BCUT2D eigenvalue weighted by Crippen LogP contribution is 2.27. The van der Waals surface area contributed by atoms with E-state index >= 15 is 0 Å². The van der Waals surface area contributed by atoms with Crippen molar-refractivity contribution >= 4 is 5.69 Å². The summed E-state index contributed by atoms with van der Waals surface area (Å²) in [4.78, 5) is 2.33. The van der Waals surface area contributed by atoms with Crippen LogP contribution in [0.1, 0.15) is 27.7 Å². The Balaban J connectivity index is 2.61. The van der Waals surface area contributed by atoms with Crippen molar-refractivity contribution in [2.75, 3.05) is 18.5 Å². The molecule has 1 aromatic rings. The number of hydrogen-bond acceptors (Lipinski definition) is 1. The summed E-state index contributed by atoms with van der Waals surface area (Å²) in [5, 5.41) is 0. The summed E-state index contributed by atoms with van der Waals surface area (Å²) in [6, 6.07) is 10.6. The third-order valence-corrected chi connectivity index (χ3v) is 3.22. The van der Waals surface area contributed by atoms with Gasteiger partial charge in [0.1, 0.15) is 0 Å². The molecule has 1 nitrogen and oxygen atoms in total. The minimum atomic E-state index is 0.378. The van der Waals surface area contributed by atoms with Gasteiger partial charge in [-0.1, -0.05) is 45.9 Å². The van der Waals surface area contributed by atoms with Gasteiger partial charge in [-0.25, -0.2) is 0 Å². The standard InChI is InChI=1S/C14H23N/c1-12(14(2,3)4)11-15(5)13-9-7-6-8-10-13/h6-10,12H,11H2,1-5H3. The van der Waals surface area contributed by atoms with Crippen LogP contribution in [0, 0.1) is 11.3 Å². The topological polar surface area (TPSA) is 3.24 Å². The molecule has 0 aliphatic rings. The fraction of sp³-hybridized carbons (Fsp3) is 0.571. The Bertz CT molecular complexity index is 284. The molecule has 0 radical (unpaired) electrons. The van der Waals surface area contributed by atoms with Gasteiger partial charge in [-0.15, -0.1) is 0 Å². The lowest BCUT2D eigenvalue weighted by Crippen LogP contribution is -2.31. The van der Waals surface area contributed by atoms with Crippen molar-refractivity contribution in [1.82, 2.24) is 0 Å².